The number of amides is 3. The molecule has 7 heteroatoms. The van der Waals surface area contributed by atoms with Crippen LogP contribution in [-0.2, 0) is 19.9 Å². The Balaban J connectivity index is 1.64. The van der Waals surface area contributed by atoms with E-state index in [-0.39, 0.29) is 29.6 Å². The quantitative estimate of drug-likeness (QED) is 0.591. The van der Waals surface area contributed by atoms with Crippen molar-refractivity contribution in [3.8, 4) is 0 Å². The van der Waals surface area contributed by atoms with E-state index in [1.807, 2.05) is 32.0 Å². The van der Waals surface area contributed by atoms with Crippen molar-refractivity contribution in [3.05, 3.63) is 59.7 Å². The third-order valence-corrected chi connectivity index (χ3v) is 6.81. The first kappa shape index (κ1) is 19.6. The zero-order valence-electron chi connectivity index (χ0n) is 17.5. The van der Waals surface area contributed by atoms with Crippen molar-refractivity contribution in [2.45, 2.75) is 32.4 Å². The summed E-state index contributed by atoms with van der Waals surface area (Å²) in [5.41, 5.74) is 1.00. The first-order valence-corrected chi connectivity index (χ1v) is 10.4. The molecule has 3 amide bonds. The number of para-hydroxylation sites is 1. The summed E-state index contributed by atoms with van der Waals surface area (Å²) in [6, 6.07) is 13.4. The molecule has 2 N–H and O–H groups in total. The number of nitrogens with one attached hydrogen (secondary N) is 2. The lowest BCUT2D eigenvalue weighted by molar-refractivity contribution is -0.130. The van der Waals surface area contributed by atoms with Gasteiger partial charge in [-0.05, 0) is 43.2 Å². The van der Waals surface area contributed by atoms with Crippen molar-refractivity contribution in [2.75, 3.05) is 10.2 Å². The third-order valence-electron chi connectivity index (χ3n) is 6.81. The van der Waals surface area contributed by atoms with Crippen LogP contribution in [0.15, 0.2) is 48.5 Å². The van der Waals surface area contributed by atoms with E-state index in [9.17, 15) is 19.2 Å². The number of carbonyl (C=O) groups excluding carboxylic acids is 4. The lowest BCUT2D eigenvalue weighted by Gasteiger charge is -2.30. The number of Topliss-reactive ketones (excluding diaryl/α,β-unsaturated/α-hetero) is 1. The Kier molecular flexibility index (Phi) is 4.17. The van der Waals surface area contributed by atoms with Gasteiger partial charge in [0.1, 0.15) is 5.54 Å². The average Bonchev–Trinajstić information content (AvgIpc) is 3.33. The summed E-state index contributed by atoms with van der Waals surface area (Å²) in [7, 11) is 0. The minimum Gasteiger partial charge on any atom is -0.324 e. The molecule has 0 aliphatic carbocycles. The van der Waals surface area contributed by atoms with E-state index in [1.54, 1.807) is 30.3 Å². The van der Waals surface area contributed by atoms with E-state index in [2.05, 4.69) is 10.6 Å². The molecule has 158 valence electrons. The molecule has 2 saturated heterocycles. The van der Waals surface area contributed by atoms with Crippen molar-refractivity contribution in [1.82, 2.24) is 5.32 Å². The lowest BCUT2D eigenvalue weighted by Crippen LogP contribution is -2.54. The molecular weight excluding hydrogens is 394 g/mol. The normalized spacial score (nSPS) is 29.0. The van der Waals surface area contributed by atoms with Crippen molar-refractivity contribution in [2.24, 2.45) is 17.8 Å². The second kappa shape index (κ2) is 6.59. The second-order valence-electron chi connectivity index (χ2n) is 8.84. The molecule has 0 unspecified atom stereocenters. The van der Waals surface area contributed by atoms with Gasteiger partial charge in [0, 0.05) is 22.9 Å². The molecule has 1 spiro atoms. The van der Waals surface area contributed by atoms with Gasteiger partial charge in [-0.15, -0.1) is 0 Å². The number of hydrogen-bond donors (Lipinski definition) is 2. The maximum absolute atomic E-state index is 13.7. The fourth-order valence-corrected chi connectivity index (χ4v) is 5.36. The van der Waals surface area contributed by atoms with Crippen LogP contribution in [0.5, 0.6) is 0 Å². The molecule has 2 aromatic carbocycles. The average molecular weight is 417 g/mol. The fourth-order valence-electron chi connectivity index (χ4n) is 5.36. The summed E-state index contributed by atoms with van der Waals surface area (Å²) in [5.74, 6) is -2.57. The van der Waals surface area contributed by atoms with E-state index in [0.717, 1.165) is 0 Å². The smallest absolute Gasteiger partial charge is 0.250 e. The van der Waals surface area contributed by atoms with Crippen molar-refractivity contribution < 1.29 is 19.2 Å². The van der Waals surface area contributed by atoms with Crippen LogP contribution in [0.4, 0.5) is 11.4 Å². The lowest BCUT2D eigenvalue weighted by atomic mass is 9.76. The Hall–Kier alpha value is -3.32. The molecule has 0 radical (unpaired) electrons. The van der Waals surface area contributed by atoms with Crippen LogP contribution in [0.1, 0.15) is 36.7 Å². The summed E-state index contributed by atoms with van der Waals surface area (Å²) < 4.78 is 0. The van der Waals surface area contributed by atoms with Gasteiger partial charge in [-0.1, -0.05) is 32.0 Å². The number of imide groups is 1. The van der Waals surface area contributed by atoms with Crippen LogP contribution >= 0.6 is 0 Å². The monoisotopic (exact) mass is 417 g/mol. The Bertz CT molecular complexity index is 1140. The van der Waals surface area contributed by atoms with E-state index in [0.29, 0.717) is 22.5 Å². The fraction of sp³-hybridized carbons (Fsp3) is 0.333. The number of fused-ring (bicyclic) bond motifs is 4. The van der Waals surface area contributed by atoms with Gasteiger partial charge < -0.3 is 5.32 Å². The number of benzene rings is 2. The molecule has 0 bridgehead atoms. The summed E-state index contributed by atoms with van der Waals surface area (Å²) in [4.78, 5) is 53.4. The SMILES string of the molecule is CC(=O)c1ccc(N2C(=O)[C@H]3[C@@H](C(C)C)N[C@]4(C(=O)Nc5ccccc54)[C@@H]3C2=O)cc1. The van der Waals surface area contributed by atoms with Crippen LogP contribution in [-0.4, -0.2) is 29.5 Å². The number of hydrogen-bond acceptors (Lipinski definition) is 5. The maximum Gasteiger partial charge on any atom is 0.250 e. The summed E-state index contributed by atoms with van der Waals surface area (Å²) in [5, 5.41) is 6.30. The highest BCUT2D eigenvalue weighted by Gasteiger charge is 2.70. The maximum atomic E-state index is 13.7. The van der Waals surface area contributed by atoms with Gasteiger partial charge in [0.05, 0.1) is 17.5 Å². The van der Waals surface area contributed by atoms with Crippen LogP contribution in [0.3, 0.4) is 0 Å². The number of rotatable bonds is 3. The van der Waals surface area contributed by atoms with E-state index >= 15 is 0 Å². The predicted molar refractivity (Wildman–Crippen MR) is 114 cm³/mol. The van der Waals surface area contributed by atoms with Gasteiger partial charge in [0.15, 0.2) is 5.78 Å². The topological polar surface area (TPSA) is 95.6 Å². The molecule has 3 heterocycles. The van der Waals surface area contributed by atoms with E-state index in [1.165, 1.54) is 11.8 Å². The van der Waals surface area contributed by atoms with Crippen molar-refractivity contribution in [1.29, 1.82) is 0 Å². The van der Waals surface area contributed by atoms with Gasteiger partial charge in [-0.3, -0.25) is 24.5 Å². The van der Waals surface area contributed by atoms with Crippen molar-refractivity contribution >= 4 is 34.9 Å². The first-order chi connectivity index (χ1) is 14.8. The Morgan fingerprint density at radius 3 is 2.32 bits per heavy atom. The van der Waals surface area contributed by atoms with Gasteiger partial charge in [-0.2, -0.15) is 0 Å². The van der Waals surface area contributed by atoms with Gasteiger partial charge >= 0.3 is 0 Å². The summed E-state index contributed by atoms with van der Waals surface area (Å²) in [6.45, 7) is 5.42. The highest BCUT2D eigenvalue weighted by molar-refractivity contribution is 6.25. The zero-order valence-corrected chi connectivity index (χ0v) is 17.5. The minimum absolute atomic E-state index is 0.0317. The highest BCUT2D eigenvalue weighted by Crippen LogP contribution is 2.54. The molecule has 2 aromatic rings. The molecule has 4 atom stereocenters. The van der Waals surface area contributed by atoms with Gasteiger partial charge in [-0.25, -0.2) is 4.90 Å². The largest absolute Gasteiger partial charge is 0.324 e. The van der Waals surface area contributed by atoms with Crippen LogP contribution in [0.2, 0.25) is 0 Å². The van der Waals surface area contributed by atoms with E-state index in [4.69, 9.17) is 0 Å². The Morgan fingerprint density at radius 1 is 1.00 bits per heavy atom. The molecule has 31 heavy (non-hydrogen) atoms. The molecule has 0 saturated carbocycles. The number of carbonyl (C=O) groups is 4. The van der Waals surface area contributed by atoms with Gasteiger partial charge in [0.2, 0.25) is 17.7 Å². The predicted octanol–water partition coefficient (Wildman–Crippen LogP) is 2.47. The first-order valence-electron chi connectivity index (χ1n) is 10.4. The molecule has 3 aliphatic heterocycles. The third kappa shape index (κ3) is 2.50. The number of ketones is 1. The Labute approximate surface area is 179 Å². The number of nitrogens with zero attached hydrogens (tertiary/aromatic N) is 1. The van der Waals surface area contributed by atoms with Crippen LogP contribution < -0.4 is 15.5 Å². The summed E-state index contributed by atoms with van der Waals surface area (Å²) in [6.07, 6.45) is 0. The molecular formula is C24H23N3O4. The Morgan fingerprint density at radius 2 is 1.68 bits per heavy atom. The zero-order chi connectivity index (χ0) is 22.1. The highest BCUT2D eigenvalue weighted by atomic mass is 16.2. The molecule has 5 rings (SSSR count). The molecule has 3 aliphatic rings. The summed E-state index contributed by atoms with van der Waals surface area (Å²) >= 11 is 0. The molecule has 2 fully saturated rings. The standard InChI is InChI=1S/C24H23N3O4/c1-12(2)20-18-19(24(26-20)16-6-4-5-7-17(16)25-23(24)31)22(30)27(21(18)29)15-10-8-14(9-11-15)13(3)28/h4-12,18-20,26H,1-3H3,(H,25,31)/t18-,19+,20-,24+/m1/s1. The van der Waals surface area contributed by atoms with E-state index < -0.39 is 23.3 Å². The minimum atomic E-state index is -1.28. The van der Waals surface area contributed by atoms with Crippen LogP contribution in [0, 0.1) is 17.8 Å². The number of anilines is 2. The molecule has 7 nitrogen and oxygen atoms in total. The van der Waals surface area contributed by atoms with Gasteiger partial charge in [0.25, 0.3) is 0 Å². The molecule has 0 aromatic heterocycles. The van der Waals surface area contributed by atoms with Crippen molar-refractivity contribution in [3.63, 3.8) is 0 Å². The second-order valence-corrected chi connectivity index (χ2v) is 8.84. The van der Waals surface area contributed by atoms with Crippen LogP contribution in [0.25, 0.3) is 0 Å².